The van der Waals surface area contributed by atoms with Gasteiger partial charge in [0.1, 0.15) is 0 Å². The minimum Gasteiger partial charge on any atom is -0.388 e. The van der Waals surface area contributed by atoms with E-state index in [-0.39, 0.29) is 11.5 Å². The molecule has 1 unspecified atom stereocenters. The Morgan fingerprint density at radius 1 is 1.00 bits per heavy atom. The molecule has 0 bridgehead atoms. The van der Waals surface area contributed by atoms with Crippen molar-refractivity contribution in [3.05, 3.63) is 65.0 Å². The van der Waals surface area contributed by atoms with Gasteiger partial charge >= 0.3 is 0 Å². The molecule has 0 amide bonds. The van der Waals surface area contributed by atoms with Crippen molar-refractivity contribution < 1.29 is 5.11 Å². The molecule has 0 radical (unpaired) electrons. The summed E-state index contributed by atoms with van der Waals surface area (Å²) in [5, 5.41) is 10.8. The second kappa shape index (κ2) is 8.81. The molecular formula is C24H33NO. The van der Waals surface area contributed by atoms with E-state index < -0.39 is 0 Å². The predicted octanol–water partition coefficient (Wildman–Crippen LogP) is 6.02. The molecule has 1 aromatic heterocycles. The van der Waals surface area contributed by atoms with Crippen LogP contribution >= 0.6 is 0 Å². The molecule has 0 saturated carbocycles. The Labute approximate surface area is 158 Å². The molecule has 0 aliphatic heterocycles. The van der Waals surface area contributed by atoms with Gasteiger partial charge in [-0.3, -0.25) is 4.98 Å². The molecule has 26 heavy (non-hydrogen) atoms. The second-order valence-corrected chi connectivity index (χ2v) is 8.10. The van der Waals surface area contributed by atoms with E-state index in [1.165, 1.54) is 44.1 Å². The summed E-state index contributed by atoms with van der Waals surface area (Å²) in [4.78, 5) is 5.01. The van der Waals surface area contributed by atoms with Crippen molar-refractivity contribution in [2.75, 3.05) is 0 Å². The SMILES string of the molecule is CCCCC1(CCCC)Cc2nc(Cc3ccccc3)ccc2C(O)C1. The second-order valence-electron chi connectivity index (χ2n) is 8.10. The van der Waals surface area contributed by atoms with Crippen LogP contribution in [-0.4, -0.2) is 10.1 Å². The van der Waals surface area contributed by atoms with Crippen molar-refractivity contribution in [3.63, 3.8) is 0 Å². The van der Waals surface area contributed by atoms with E-state index in [1.54, 1.807) is 0 Å². The fraction of sp³-hybridized carbons (Fsp3) is 0.542. The topological polar surface area (TPSA) is 33.1 Å². The fourth-order valence-electron chi connectivity index (χ4n) is 4.46. The highest BCUT2D eigenvalue weighted by atomic mass is 16.3. The summed E-state index contributed by atoms with van der Waals surface area (Å²) in [6.07, 6.45) is 9.80. The first kappa shape index (κ1) is 19.1. The molecular weight excluding hydrogens is 318 g/mol. The van der Waals surface area contributed by atoms with Crippen LogP contribution in [0, 0.1) is 5.41 Å². The first-order valence-corrected chi connectivity index (χ1v) is 10.4. The number of hydrogen-bond donors (Lipinski definition) is 1. The Morgan fingerprint density at radius 2 is 1.69 bits per heavy atom. The van der Waals surface area contributed by atoms with E-state index >= 15 is 0 Å². The molecule has 140 valence electrons. The lowest BCUT2D eigenvalue weighted by Crippen LogP contribution is -2.32. The van der Waals surface area contributed by atoms with Gasteiger partial charge in [0.05, 0.1) is 6.10 Å². The first-order chi connectivity index (χ1) is 12.7. The molecule has 0 saturated heterocycles. The minimum absolute atomic E-state index is 0.233. The average Bonchev–Trinajstić information content (AvgIpc) is 2.65. The smallest absolute Gasteiger partial charge is 0.0813 e. The maximum absolute atomic E-state index is 10.8. The lowest BCUT2D eigenvalue weighted by molar-refractivity contribution is 0.0634. The van der Waals surface area contributed by atoms with Crippen molar-refractivity contribution in [1.29, 1.82) is 0 Å². The number of rotatable bonds is 8. The molecule has 1 atom stereocenters. The summed E-state index contributed by atoms with van der Waals surface area (Å²) in [6.45, 7) is 4.52. The number of unbranched alkanes of at least 4 members (excludes halogenated alkanes) is 2. The number of hydrogen-bond acceptors (Lipinski definition) is 2. The number of nitrogens with zero attached hydrogens (tertiary/aromatic N) is 1. The van der Waals surface area contributed by atoms with Crippen molar-refractivity contribution >= 4 is 0 Å². The van der Waals surface area contributed by atoms with Crippen LogP contribution in [0.4, 0.5) is 0 Å². The number of fused-ring (bicyclic) bond motifs is 1. The van der Waals surface area contributed by atoms with Gasteiger partial charge in [-0.05, 0) is 42.7 Å². The van der Waals surface area contributed by atoms with Crippen LogP contribution in [-0.2, 0) is 12.8 Å². The van der Waals surface area contributed by atoms with Crippen molar-refractivity contribution in [3.8, 4) is 0 Å². The Morgan fingerprint density at radius 3 is 2.35 bits per heavy atom. The van der Waals surface area contributed by atoms with Gasteiger partial charge < -0.3 is 5.11 Å². The van der Waals surface area contributed by atoms with Gasteiger partial charge in [0.2, 0.25) is 0 Å². The minimum atomic E-state index is -0.356. The Kier molecular flexibility index (Phi) is 6.48. The summed E-state index contributed by atoms with van der Waals surface area (Å²) < 4.78 is 0. The van der Waals surface area contributed by atoms with Crippen LogP contribution in [0.15, 0.2) is 42.5 Å². The number of pyridine rings is 1. The third-order valence-electron chi connectivity index (χ3n) is 5.94. The molecule has 1 aliphatic rings. The van der Waals surface area contributed by atoms with Gasteiger partial charge in [0.25, 0.3) is 0 Å². The normalized spacial score (nSPS) is 18.5. The van der Waals surface area contributed by atoms with E-state index in [4.69, 9.17) is 4.98 Å². The average molecular weight is 352 g/mol. The summed E-state index contributed by atoms with van der Waals surface area (Å²) >= 11 is 0. The van der Waals surface area contributed by atoms with Gasteiger partial charge in [-0.2, -0.15) is 0 Å². The van der Waals surface area contributed by atoms with Crippen molar-refractivity contribution in [2.24, 2.45) is 5.41 Å². The maximum Gasteiger partial charge on any atom is 0.0813 e. The molecule has 0 fully saturated rings. The Hall–Kier alpha value is -1.67. The predicted molar refractivity (Wildman–Crippen MR) is 108 cm³/mol. The van der Waals surface area contributed by atoms with E-state index in [9.17, 15) is 5.11 Å². The highest BCUT2D eigenvalue weighted by molar-refractivity contribution is 5.31. The van der Waals surface area contributed by atoms with Crippen molar-refractivity contribution in [1.82, 2.24) is 4.98 Å². The molecule has 2 aromatic rings. The van der Waals surface area contributed by atoms with Gasteiger partial charge in [-0.1, -0.05) is 75.9 Å². The lowest BCUT2D eigenvalue weighted by Gasteiger charge is -2.40. The quantitative estimate of drug-likeness (QED) is 0.631. The summed E-state index contributed by atoms with van der Waals surface area (Å²) in [7, 11) is 0. The number of benzene rings is 1. The summed E-state index contributed by atoms with van der Waals surface area (Å²) in [6, 6.07) is 14.7. The highest BCUT2D eigenvalue weighted by Crippen LogP contribution is 2.47. The molecule has 0 spiro atoms. The largest absolute Gasteiger partial charge is 0.388 e. The molecule has 1 N–H and O–H groups in total. The maximum atomic E-state index is 10.8. The zero-order chi connectivity index (χ0) is 18.4. The molecule has 2 nitrogen and oxygen atoms in total. The van der Waals surface area contributed by atoms with E-state index in [2.05, 4.69) is 56.3 Å². The third kappa shape index (κ3) is 4.54. The Bertz CT molecular complexity index is 687. The number of aliphatic hydroxyl groups excluding tert-OH is 1. The Balaban J connectivity index is 1.84. The van der Waals surface area contributed by atoms with E-state index in [0.29, 0.717) is 0 Å². The van der Waals surface area contributed by atoms with Crippen LogP contribution in [0.25, 0.3) is 0 Å². The fourth-order valence-corrected chi connectivity index (χ4v) is 4.46. The zero-order valence-electron chi connectivity index (χ0n) is 16.4. The van der Waals surface area contributed by atoms with Crippen molar-refractivity contribution in [2.45, 2.75) is 77.7 Å². The van der Waals surface area contributed by atoms with Crippen LogP contribution < -0.4 is 0 Å². The van der Waals surface area contributed by atoms with Gasteiger partial charge in [-0.25, -0.2) is 0 Å². The van der Waals surface area contributed by atoms with Crippen LogP contribution in [0.5, 0.6) is 0 Å². The summed E-state index contributed by atoms with van der Waals surface area (Å²) in [5.74, 6) is 0. The highest BCUT2D eigenvalue weighted by Gasteiger charge is 2.38. The lowest BCUT2D eigenvalue weighted by atomic mass is 9.66. The molecule has 1 heterocycles. The number of aliphatic hydroxyl groups is 1. The zero-order valence-corrected chi connectivity index (χ0v) is 16.4. The molecule has 1 aliphatic carbocycles. The number of aromatic nitrogens is 1. The molecule has 1 aromatic carbocycles. The standard InChI is InChI=1S/C24H33NO/c1-3-5-14-24(15-6-4-2)17-22-21(23(26)18-24)13-12-20(25-22)16-19-10-8-7-9-11-19/h7-13,23,26H,3-6,14-18H2,1-2H3. The van der Waals surface area contributed by atoms with Gasteiger partial charge in [-0.15, -0.1) is 0 Å². The van der Waals surface area contributed by atoms with Gasteiger partial charge in [0, 0.05) is 23.4 Å². The van der Waals surface area contributed by atoms with Gasteiger partial charge in [0.15, 0.2) is 0 Å². The summed E-state index contributed by atoms with van der Waals surface area (Å²) in [5.41, 5.74) is 4.84. The monoisotopic (exact) mass is 351 g/mol. The van der Waals surface area contributed by atoms with Crippen LogP contribution in [0.2, 0.25) is 0 Å². The molecule has 2 heteroatoms. The van der Waals surface area contributed by atoms with Crippen LogP contribution in [0.3, 0.4) is 0 Å². The van der Waals surface area contributed by atoms with E-state index in [0.717, 1.165) is 36.2 Å². The van der Waals surface area contributed by atoms with Crippen LogP contribution in [0.1, 0.15) is 87.4 Å². The first-order valence-electron chi connectivity index (χ1n) is 10.4. The van der Waals surface area contributed by atoms with E-state index in [1.807, 2.05) is 0 Å². The third-order valence-corrected chi connectivity index (χ3v) is 5.94. The molecule has 3 rings (SSSR count).